The number of hydrogen-bond acceptors (Lipinski definition) is 5. The number of nitrogens with one attached hydrogen (secondary N) is 1. The molecule has 84 valence electrons. The zero-order chi connectivity index (χ0) is 11.0. The van der Waals surface area contributed by atoms with Gasteiger partial charge < -0.3 is 11.1 Å². The second-order valence-corrected chi connectivity index (χ2v) is 5.23. The van der Waals surface area contributed by atoms with Crippen molar-refractivity contribution in [2.24, 2.45) is 5.73 Å². The van der Waals surface area contributed by atoms with E-state index in [0.29, 0.717) is 12.1 Å². The molecular weight excluding hydrogens is 220 g/mol. The second-order valence-electron chi connectivity index (χ2n) is 4.28. The van der Waals surface area contributed by atoms with Gasteiger partial charge in [0.15, 0.2) is 0 Å². The maximum Gasteiger partial charge on any atom is 0.223 e. The van der Waals surface area contributed by atoms with Gasteiger partial charge in [0.2, 0.25) is 5.95 Å². The van der Waals surface area contributed by atoms with E-state index in [4.69, 9.17) is 5.73 Å². The molecule has 1 saturated carbocycles. The Balaban J connectivity index is 1.78. The van der Waals surface area contributed by atoms with Crippen molar-refractivity contribution < 1.29 is 0 Å². The Morgan fingerprint density at radius 2 is 2.38 bits per heavy atom. The highest BCUT2D eigenvalue weighted by Crippen LogP contribution is 2.22. The summed E-state index contributed by atoms with van der Waals surface area (Å²) in [6.45, 7) is 0. The van der Waals surface area contributed by atoms with Crippen LogP contribution in [0.3, 0.4) is 0 Å². The van der Waals surface area contributed by atoms with Crippen LogP contribution in [0.1, 0.15) is 19.3 Å². The van der Waals surface area contributed by atoms with Crippen LogP contribution in [0.25, 0.3) is 10.2 Å². The molecule has 1 fully saturated rings. The molecule has 4 nitrogen and oxygen atoms in total. The second kappa shape index (κ2) is 3.99. The van der Waals surface area contributed by atoms with Gasteiger partial charge in [0, 0.05) is 12.1 Å². The van der Waals surface area contributed by atoms with Gasteiger partial charge in [-0.3, -0.25) is 0 Å². The lowest BCUT2D eigenvalue weighted by Crippen LogP contribution is -2.21. The van der Waals surface area contributed by atoms with E-state index in [1.807, 2.05) is 17.6 Å². The minimum Gasteiger partial charge on any atom is -0.351 e. The molecule has 2 heterocycles. The molecule has 0 spiro atoms. The van der Waals surface area contributed by atoms with Crippen LogP contribution in [0.2, 0.25) is 0 Å². The fourth-order valence-corrected chi connectivity index (χ4v) is 2.86. The molecule has 1 aliphatic rings. The third-order valence-electron chi connectivity index (χ3n) is 3.01. The molecule has 3 N–H and O–H groups in total. The fourth-order valence-electron chi connectivity index (χ4n) is 2.17. The molecule has 3 rings (SSSR count). The number of aromatic nitrogens is 2. The first-order chi connectivity index (χ1) is 7.81. The number of hydrogen-bond donors (Lipinski definition) is 2. The quantitative estimate of drug-likeness (QED) is 0.834. The standard InChI is InChI=1S/C11H14N4S/c12-7-1-2-8(5-7)14-11-13-6-10-9(15-11)3-4-16-10/h3-4,6-8H,1-2,5,12H2,(H,13,14,15)/t7-,8-/m0/s1. The molecule has 2 aromatic rings. The van der Waals surface area contributed by atoms with Crippen LogP contribution in [-0.4, -0.2) is 22.1 Å². The van der Waals surface area contributed by atoms with Gasteiger partial charge in [0.05, 0.1) is 16.4 Å². The van der Waals surface area contributed by atoms with E-state index in [1.165, 1.54) is 0 Å². The highest BCUT2D eigenvalue weighted by atomic mass is 32.1. The largest absolute Gasteiger partial charge is 0.351 e. The number of nitrogens with two attached hydrogens (primary N) is 1. The summed E-state index contributed by atoms with van der Waals surface area (Å²) >= 11 is 1.67. The minimum atomic E-state index is 0.336. The van der Waals surface area contributed by atoms with Crippen molar-refractivity contribution in [2.75, 3.05) is 5.32 Å². The van der Waals surface area contributed by atoms with Crippen molar-refractivity contribution in [1.29, 1.82) is 0 Å². The summed E-state index contributed by atoms with van der Waals surface area (Å²) in [5.74, 6) is 0.727. The highest BCUT2D eigenvalue weighted by molar-refractivity contribution is 7.17. The summed E-state index contributed by atoms with van der Waals surface area (Å²) in [4.78, 5) is 8.79. The number of thiophene rings is 1. The minimum absolute atomic E-state index is 0.336. The zero-order valence-corrected chi connectivity index (χ0v) is 9.70. The summed E-state index contributed by atoms with van der Waals surface area (Å²) in [7, 11) is 0. The third kappa shape index (κ3) is 1.88. The van der Waals surface area contributed by atoms with Crippen LogP contribution in [-0.2, 0) is 0 Å². The van der Waals surface area contributed by atoms with Crippen molar-refractivity contribution in [3.05, 3.63) is 17.6 Å². The van der Waals surface area contributed by atoms with E-state index in [0.717, 1.165) is 35.4 Å². The first-order valence-corrected chi connectivity index (χ1v) is 6.41. The Hall–Kier alpha value is -1.20. The van der Waals surface area contributed by atoms with E-state index >= 15 is 0 Å². The van der Waals surface area contributed by atoms with Crippen LogP contribution in [0.4, 0.5) is 5.95 Å². The Kier molecular flexibility index (Phi) is 2.49. The molecule has 0 bridgehead atoms. The molecular formula is C11H14N4S. The predicted molar refractivity (Wildman–Crippen MR) is 66.7 cm³/mol. The van der Waals surface area contributed by atoms with Gasteiger partial charge >= 0.3 is 0 Å². The molecule has 0 radical (unpaired) electrons. The lowest BCUT2D eigenvalue weighted by Gasteiger charge is -2.11. The van der Waals surface area contributed by atoms with Crippen LogP contribution in [0, 0.1) is 0 Å². The van der Waals surface area contributed by atoms with E-state index in [1.54, 1.807) is 11.3 Å². The lowest BCUT2D eigenvalue weighted by atomic mass is 10.2. The van der Waals surface area contributed by atoms with Crippen molar-refractivity contribution in [3.63, 3.8) is 0 Å². The molecule has 0 unspecified atom stereocenters. The normalized spacial score (nSPS) is 25.1. The van der Waals surface area contributed by atoms with Gasteiger partial charge in [-0.2, -0.15) is 0 Å². The van der Waals surface area contributed by atoms with Gasteiger partial charge in [-0.1, -0.05) is 0 Å². The van der Waals surface area contributed by atoms with Crippen LogP contribution in [0.5, 0.6) is 0 Å². The van der Waals surface area contributed by atoms with Gasteiger partial charge in [-0.05, 0) is 30.7 Å². The zero-order valence-electron chi connectivity index (χ0n) is 8.89. The molecule has 5 heteroatoms. The maximum absolute atomic E-state index is 5.87. The van der Waals surface area contributed by atoms with E-state index < -0.39 is 0 Å². The summed E-state index contributed by atoms with van der Waals surface area (Å²) in [5.41, 5.74) is 6.89. The Bertz CT molecular complexity index is 495. The summed E-state index contributed by atoms with van der Waals surface area (Å²) < 4.78 is 1.13. The number of nitrogens with zero attached hydrogens (tertiary/aromatic N) is 2. The summed E-state index contributed by atoms with van der Waals surface area (Å²) in [5, 5.41) is 5.39. The highest BCUT2D eigenvalue weighted by Gasteiger charge is 2.22. The maximum atomic E-state index is 5.87. The molecule has 0 aliphatic heterocycles. The summed E-state index contributed by atoms with van der Waals surface area (Å²) in [6.07, 6.45) is 5.11. The first kappa shape index (κ1) is 9.99. The monoisotopic (exact) mass is 234 g/mol. The van der Waals surface area contributed by atoms with Crippen molar-refractivity contribution in [1.82, 2.24) is 9.97 Å². The topological polar surface area (TPSA) is 63.8 Å². The van der Waals surface area contributed by atoms with Crippen LogP contribution < -0.4 is 11.1 Å². The molecule has 1 aliphatic carbocycles. The number of rotatable bonds is 2. The van der Waals surface area contributed by atoms with Crippen molar-refractivity contribution in [2.45, 2.75) is 31.3 Å². The van der Waals surface area contributed by atoms with Gasteiger partial charge in [0.25, 0.3) is 0 Å². The first-order valence-electron chi connectivity index (χ1n) is 5.53. The van der Waals surface area contributed by atoms with Crippen molar-refractivity contribution in [3.8, 4) is 0 Å². The average Bonchev–Trinajstić information content (AvgIpc) is 2.87. The average molecular weight is 234 g/mol. The molecule has 0 aromatic carbocycles. The molecule has 0 saturated heterocycles. The Morgan fingerprint density at radius 3 is 3.19 bits per heavy atom. The third-order valence-corrected chi connectivity index (χ3v) is 3.85. The van der Waals surface area contributed by atoms with Crippen molar-refractivity contribution >= 4 is 27.5 Å². The number of fused-ring (bicyclic) bond motifs is 1. The lowest BCUT2D eigenvalue weighted by molar-refractivity contribution is 0.685. The van der Waals surface area contributed by atoms with Gasteiger partial charge in [0.1, 0.15) is 0 Å². The number of anilines is 1. The molecule has 16 heavy (non-hydrogen) atoms. The smallest absolute Gasteiger partial charge is 0.223 e. The van der Waals surface area contributed by atoms with Gasteiger partial charge in [-0.15, -0.1) is 11.3 Å². The van der Waals surface area contributed by atoms with E-state index in [-0.39, 0.29) is 0 Å². The molecule has 2 atom stereocenters. The fraction of sp³-hybridized carbons (Fsp3) is 0.455. The van der Waals surface area contributed by atoms with E-state index in [9.17, 15) is 0 Å². The Labute approximate surface area is 97.9 Å². The summed E-state index contributed by atoms with van der Waals surface area (Å²) in [6, 6.07) is 2.79. The molecule has 2 aromatic heterocycles. The molecule has 0 amide bonds. The van der Waals surface area contributed by atoms with E-state index in [2.05, 4.69) is 15.3 Å². The van der Waals surface area contributed by atoms with Crippen LogP contribution >= 0.6 is 11.3 Å². The Morgan fingerprint density at radius 1 is 1.44 bits per heavy atom. The van der Waals surface area contributed by atoms with Gasteiger partial charge in [-0.25, -0.2) is 9.97 Å². The van der Waals surface area contributed by atoms with Crippen LogP contribution in [0.15, 0.2) is 17.6 Å². The predicted octanol–water partition coefficient (Wildman–Crippen LogP) is 1.98. The SMILES string of the molecule is N[C@H]1CC[C@H](Nc2ncc3sccc3n2)C1.